The molecule has 1 aliphatic rings. The highest BCUT2D eigenvalue weighted by Gasteiger charge is 2.21. The summed E-state index contributed by atoms with van der Waals surface area (Å²) in [6.07, 6.45) is -0.400. The van der Waals surface area contributed by atoms with E-state index >= 15 is 0 Å². The van der Waals surface area contributed by atoms with Crippen LogP contribution in [0.25, 0.3) is 0 Å². The Balaban J connectivity index is 2.11. The topological polar surface area (TPSA) is 38.7 Å². The van der Waals surface area contributed by atoms with Gasteiger partial charge in [-0.3, -0.25) is 0 Å². The fourth-order valence-corrected chi connectivity index (χ4v) is 1.57. The molecule has 1 fully saturated rings. The molecule has 1 heterocycles. The lowest BCUT2D eigenvalue weighted by Crippen LogP contribution is -2.38. The highest BCUT2D eigenvalue weighted by atomic mass is 35.5. The molecule has 1 aromatic rings. The summed E-state index contributed by atoms with van der Waals surface area (Å²) in [5.74, 6) is 0.648. The molecule has 0 radical (unpaired) electrons. The number of aliphatic hydroxyl groups is 1. The lowest BCUT2D eigenvalue weighted by atomic mass is 10.1. The number of hydrogen-bond donors (Lipinski definition) is 1. The molecule has 1 unspecified atom stereocenters. The molecule has 2 rings (SSSR count). The van der Waals surface area contributed by atoms with Crippen molar-refractivity contribution in [3.05, 3.63) is 28.8 Å². The number of aliphatic hydroxyl groups excluding tert-OH is 1. The van der Waals surface area contributed by atoms with Gasteiger partial charge in [-0.2, -0.15) is 0 Å². The molecule has 1 aliphatic heterocycles. The van der Waals surface area contributed by atoms with Crippen LogP contribution in [0.2, 0.25) is 5.02 Å². The summed E-state index contributed by atoms with van der Waals surface area (Å²) in [4.78, 5) is 0. The molecule has 1 N–H and O–H groups in total. The third kappa shape index (κ3) is 2.43. The Morgan fingerprint density at radius 1 is 1.53 bits per heavy atom. The molecule has 82 valence electrons. The van der Waals surface area contributed by atoms with Crippen molar-refractivity contribution in [2.75, 3.05) is 13.2 Å². The van der Waals surface area contributed by atoms with Crippen molar-refractivity contribution in [3.63, 3.8) is 0 Å². The zero-order chi connectivity index (χ0) is 10.8. The third-order valence-corrected chi connectivity index (χ3v) is 2.63. The minimum Gasteiger partial charge on any atom is -0.484 e. The Morgan fingerprint density at radius 3 is 2.73 bits per heavy atom. The molecule has 1 atom stereocenters. The van der Waals surface area contributed by atoms with Crippen molar-refractivity contribution in [2.45, 2.75) is 19.1 Å². The molecule has 0 spiro atoms. The van der Waals surface area contributed by atoms with Gasteiger partial charge in [0.15, 0.2) is 0 Å². The second-order valence-electron chi connectivity index (χ2n) is 3.64. The van der Waals surface area contributed by atoms with E-state index in [4.69, 9.17) is 21.1 Å². The maximum atomic E-state index is 9.36. The van der Waals surface area contributed by atoms with Gasteiger partial charge in [0.1, 0.15) is 11.9 Å². The van der Waals surface area contributed by atoms with Gasteiger partial charge in [-0.1, -0.05) is 17.7 Å². The number of rotatable bonds is 3. The SMILES string of the molecule is CC(O)c1ccc(OC2COC2)c(Cl)c1. The van der Waals surface area contributed by atoms with Gasteiger partial charge < -0.3 is 14.6 Å². The van der Waals surface area contributed by atoms with Gasteiger partial charge in [-0.05, 0) is 24.6 Å². The predicted molar refractivity (Wildman–Crippen MR) is 57.3 cm³/mol. The molecule has 0 amide bonds. The molecule has 0 bridgehead atoms. The minimum atomic E-state index is -0.511. The van der Waals surface area contributed by atoms with E-state index in [0.717, 1.165) is 5.56 Å². The summed E-state index contributed by atoms with van der Waals surface area (Å²) in [5, 5.41) is 9.89. The maximum Gasteiger partial charge on any atom is 0.145 e. The summed E-state index contributed by atoms with van der Waals surface area (Å²) < 4.78 is 10.6. The van der Waals surface area contributed by atoms with Crippen LogP contribution in [0.5, 0.6) is 5.75 Å². The van der Waals surface area contributed by atoms with E-state index in [0.29, 0.717) is 24.0 Å². The van der Waals surface area contributed by atoms with E-state index in [1.807, 2.05) is 6.07 Å². The zero-order valence-corrected chi connectivity index (χ0v) is 9.20. The van der Waals surface area contributed by atoms with Gasteiger partial charge in [-0.15, -0.1) is 0 Å². The fourth-order valence-electron chi connectivity index (χ4n) is 1.33. The van der Waals surface area contributed by atoms with Crippen LogP contribution in [-0.4, -0.2) is 24.4 Å². The van der Waals surface area contributed by atoms with Crippen molar-refractivity contribution in [1.29, 1.82) is 0 Å². The molecule has 0 saturated carbocycles. The Morgan fingerprint density at radius 2 is 2.27 bits per heavy atom. The van der Waals surface area contributed by atoms with Crippen LogP contribution < -0.4 is 4.74 Å². The summed E-state index contributed by atoms with van der Waals surface area (Å²) in [6.45, 7) is 2.94. The van der Waals surface area contributed by atoms with Crippen molar-refractivity contribution in [2.24, 2.45) is 0 Å². The summed E-state index contributed by atoms with van der Waals surface area (Å²) in [6, 6.07) is 5.31. The second kappa shape index (κ2) is 4.39. The average molecular weight is 229 g/mol. The molecule has 15 heavy (non-hydrogen) atoms. The first-order valence-electron chi connectivity index (χ1n) is 4.88. The zero-order valence-electron chi connectivity index (χ0n) is 8.44. The van der Waals surface area contributed by atoms with Gasteiger partial charge in [0, 0.05) is 0 Å². The summed E-state index contributed by atoms with van der Waals surface area (Å²) in [5.41, 5.74) is 0.789. The van der Waals surface area contributed by atoms with Crippen LogP contribution in [0, 0.1) is 0 Å². The van der Waals surface area contributed by atoms with Crippen LogP contribution in [0.4, 0.5) is 0 Å². The van der Waals surface area contributed by atoms with E-state index < -0.39 is 6.10 Å². The maximum absolute atomic E-state index is 9.36. The van der Waals surface area contributed by atoms with E-state index in [-0.39, 0.29) is 6.10 Å². The molecule has 1 aromatic carbocycles. The standard InChI is InChI=1S/C11H13ClO3/c1-7(13)8-2-3-11(10(12)4-8)15-9-5-14-6-9/h2-4,7,9,13H,5-6H2,1H3. The van der Waals surface area contributed by atoms with Gasteiger partial charge in [0.05, 0.1) is 24.3 Å². The van der Waals surface area contributed by atoms with E-state index in [9.17, 15) is 5.11 Å². The molecule has 1 saturated heterocycles. The number of ether oxygens (including phenoxy) is 2. The molecular formula is C11H13ClO3. The van der Waals surface area contributed by atoms with Gasteiger partial charge in [-0.25, -0.2) is 0 Å². The normalized spacial score (nSPS) is 18.3. The number of hydrogen-bond acceptors (Lipinski definition) is 3. The van der Waals surface area contributed by atoms with Crippen molar-refractivity contribution in [1.82, 2.24) is 0 Å². The predicted octanol–water partition coefficient (Wildman–Crippen LogP) is 2.17. The van der Waals surface area contributed by atoms with Crippen LogP contribution in [0.1, 0.15) is 18.6 Å². The summed E-state index contributed by atoms with van der Waals surface area (Å²) in [7, 11) is 0. The molecule has 0 aliphatic carbocycles. The molecule has 3 nitrogen and oxygen atoms in total. The summed E-state index contributed by atoms with van der Waals surface area (Å²) >= 11 is 6.02. The van der Waals surface area contributed by atoms with Crippen LogP contribution >= 0.6 is 11.6 Å². The van der Waals surface area contributed by atoms with Crippen LogP contribution in [-0.2, 0) is 4.74 Å². The van der Waals surface area contributed by atoms with E-state index in [1.54, 1.807) is 19.1 Å². The smallest absolute Gasteiger partial charge is 0.145 e. The van der Waals surface area contributed by atoms with Gasteiger partial charge in [0.2, 0.25) is 0 Å². The minimum absolute atomic E-state index is 0.111. The highest BCUT2D eigenvalue weighted by Crippen LogP contribution is 2.29. The molecule has 4 heteroatoms. The molecular weight excluding hydrogens is 216 g/mol. The lowest BCUT2D eigenvalue weighted by Gasteiger charge is -2.27. The average Bonchev–Trinajstić information content (AvgIpc) is 2.12. The first-order valence-corrected chi connectivity index (χ1v) is 5.26. The van der Waals surface area contributed by atoms with Crippen molar-refractivity contribution >= 4 is 11.6 Å². The Labute approximate surface area is 93.6 Å². The largest absolute Gasteiger partial charge is 0.484 e. The monoisotopic (exact) mass is 228 g/mol. The first kappa shape index (κ1) is 10.7. The third-order valence-electron chi connectivity index (χ3n) is 2.34. The molecule has 0 aromatic heterocycles. The lowest BCUT2D eigenvalue weighted by molar-refractivity contribution is -0.0796. The van der Waals surface area contributed by atoms with Gasteiger partial charge in [0.25, 0.3) is 0 Å². The van der Waals surface area contributed by atoms with Crippen molar-refractivity contribution in [3.8, 4) is 5.75 Å². The number of benzene rings is 1. The van der Waals surface area contributed by atoms with Gasteiger partial charge >= 0.3 is 0 Å². The van der Waals surface area contributed by atoms with Crippen LogP contribution in [0.3, 0.4) is 0 Å². The Hall–Kier alpha value is -0.770. The Bertz CT molecular complexity index is 348. The fraction of sp³-hybridized carbons (Fsp3) is 0.455. The first-order chi connectivity index (χ1) is 7.16. The number of halogens is 1. The second-order valence-corrected chi connectivity index (χ2v) is 4.05. The van der Waals surface area contributed by atoms with Crippen LogP contribution in [0.15, 0.2) is 18.2 Å². The quantitative estimate of drug-likeness (QED) is 0.862. The van der Waals surface area contributed by atoms with E-state index in [1.165, 1.54) is 0 Å². The van der Waals surface area contributed by atoms with E-state index in [2.05, 4.69) is 0 Å². The Kier molecular flexibility index (Phi) is 3.14. The van der Waals surface area contributed by atoms with Crippen molar-refractivity contribution < 1.29 is 14.6 Å². The highest BCUT2D eigenvalue weighted by molar-refractivity contribution is 6.32.